The van der Waals surface area contributed by atoms with Crippen LogP contribution in [0.15, 0.2) is 0 Å². The second kappa shape index (κ2) is 5.37. The van der Waals surface area contributed by atoms with Crippen LogP contribution in [0.25, 0.3) is 0 Å². The van der Waals surface area contributed by atoms with Crippen LogP contribution in [0.5, 0.6) is 0 Å². The Morgan fingerprint density at radius 2 is 1.29 bits per heavy atom. The molecule has 0 bridgehead atoms. The van der Waals surface area contributed by atoms with E-state index in [2.05, 4.69) is 0 Å². The molecule has 42 valence electrons. The number of phosphoric acid groups is 1. The first-order valence-corrected chi connectivity index (χ1v) is 2.35. The fourth-order valence-electron chi connectivity index (χ4n) is 0. The van der Waals surface area contributed by atoms with Crippen LogP contribution in [0.2, 0.25) is 0 Å². The van der Waals surface area contributed by atoms with Crippen molar-refractivity contribution in [1.29, 1.82) is 0 Å². The normalized spacial score (nSPS) is 8.43. The second-order valence-electron chi connectivity index (χ2n) is 0.513. The molecule has 0 aromatic carbocycles. The van der Waals surface area contributed by atoms with Crippen molar-refractivity contribution in [3.63, 3.8) is 0 Å². The summed E-state index contributed by atoms with van der Waals surface area (Å²) in [6.45, 7) is 0. The molecule has 0 atom stereocenters. The number of hydrogen-bond acceptors (Lipinski definition) is 1. The molecular weight excluding hydrogens is 181 g/mol. The third kappa shape index (κ3) is 131. The van der Waals surface area contributed by atoms with Gasteiger partial charge in [-0.2, -0.15) is 0 Å². The quantitative estimate of drug-likeness (QED) is 0.263. The third-order valence-corrected chi connectivity index (χ3v) is 0. The van der Waals surface area contributed by atoms with Crippen LogP contribution in [0.1, 0.15) is 1.43 Å². The first kappa shape index (κ1) is 15.7. The summed E-state index contributed by atoms with van der Waals surface area (Å²) in [5.74, 6) is 0. The summed E-state index contributed by atoms with van der Waals surface area (Å²) in [7, 11) is -4.64. The molecule has 7 heteroatoms. The zero-order valence-electron chi connectivity index (χ0n) is 4.70. The Morgan fingerprint density at radius 1 is 1.29 bits per heavy atom. The van der Waals surface area contributed by atoms with E-state index < -0.39 is 7.82 Å². The van der Waals surface area contributed by atoms with Crippen LogP contribution in [0.3, 0.4) is 0 Å². The van der Waals surface area contributed by atoms with Crippen molar-refractivity contribution in [3.05, 3.63) is 0 Å². The molecule has 0 saturated heterocycles. The van der Waals surface area contributed by atoms with Gasteiger partial charge in [-0.15, -0.1) is 0 Å². The number of hydrogen-bond donors (Lipinski definition) is 3. The molecular formula is H6LiO4PSe. The average Bonchev–Trinajstić information content (AvgIpc) is 0.722. The molecule has 0 aromatic heterocycles. The molecule has 0 radical (unpaired) electrons. The average molecular weight is 187 g/mol. The standard InChI is InChI=1S/Li.H3O4P.H2Se.H/c;1-5(2,3)4;;/h;(H3,1,2,3,4);1H2;/q+1;;;-1. The van der Waals surface area contributed by atoms with Crippen LogP contribution in [0, 0.1) is 0 Å². The molecule has 0 unspecified atom stereocenters. The van der Waals surface area contributed by atoms with Crippen LogP contribution in [0.4, 0.5) is 0 Å². The molecule has 0 aliphatic carbocycles. The van der Waals surface area contributed by atoms with E-state index >= 15 is 0 Å². The molecule has 0 aromatic rings. The Labute approximate surface area is 64.7 Å². The van der Waals surface area contributed by atoms with E-state index in [-0.39, 0.29) is 37.4 Å². The molecule has 0 amide bonds. The molecule has 4 nitrogen and oxygen atoms in total. The van der Waals surface area contributed by atoms with Gasteiger partial charge in [0.25, 0.3) is 0 Å². The van der Waals surface area contributed by atoms with Gasteiger partial charge < -0.3 is 16.1 Å². The van der Waals surface area contributed by atoms with E-state index in [0.717, 1.165) is 0 Å². The molecule has 3 N–H and O–H groups in total. The second-order valence-corrected chi connectivity index (χ2v) is 1.54. The Balaban J connectivity index is -0.0000000267. The fourth-order valence-corrected chi connectivity index (χ4v) is 0. The van der Waals surface area contributed by atoms with Gasteiger partial charge in [-0.3, -0.25) is 0 Å². The van der Waals surface area contributed by atoms with Gasteiger partial charge in [0.15, 0.2) is 0 Å². The van der Waals surface area contributed by atoms with Crippen molar-refractivity contribution >= 4 is 24.9 Å². The van der Waals surface area contributed by atoms with Gasteiger partial charge in [0.1, 0.15) is 0 Å². The molecule has 0 aliphatic rings. The molecule has 0 aliphatic heterocycles. The van der Waals surface area contributed by atoms with Crippen LogP contribution in [-0.4, -0.2) is 31.7 Å². The van der Waals surface area contributed by atoms with Gasteiger partial charge in [0.05, 0.1) is 0 Å². The first-order chi connectivity index (χ1) is 2.00. The van der Waals surface area contributed by atoms with Gasteiger partial charge in [-0.1, -0.05) is 0 Å². The van der Waals surface area contributed by atoms with E-state index in [9.17, 15) is 0 Å². The minimum atomic E-state index is -4.64. The summed E-state index contributed by atoms with van der Waals surface area (Å²) >= 11 is 0. The topological polar surface area (TPSA) is 77.8 Å². The molecule has 7 heavy (non-hydrogen) atoms. The summed E-state index contributed by atoms with van der Waals surface area (Å²) in [4.78, 5) is 21.6. The Kier molecular flexibility index (Phi) is 12.1. The Bertz CT molecular complexity index is 62.2. The van der Waals surface area contributed by atoms with Gasteiger partial charge in [0, 0.05) is 0 Å². The predicted molar refractivity (Wildman–Crippen MR) is 23.9 cm³/mol. The van der Waals surface area contributed by atoms with Crippen molar-refractivity contribution in [2.24, 2.45) is 0 Å². The maximum absolute atomic E-state index is 8.88. The minimum absolute atomic E-state index is 0. The predicted octanol–water partition coefficient (Wildman–Crippen LogP) is -4.73. The SMILES string of the molecule is O=P(O)(O)O.[H-].[Li+].[SeH2]. The zero-order valence-corrected chi connectivity index (χ0v) is 6.69. The van der Waals surface area contributed by atoms with E-state index in [4.69, 9.17) is 19.2 Å². The summed E-state index contributed by atoms with van der Waals surface area (Å²) in [6.07, 6.45) is 0. The Morgan fingerprint density at radius 3 is 1.29 bits per heavy atom. The van der Waals surface area contributed by atoms with E-state index in [0.29, 0.717) is 0 Å². The van der Waals surface area contributed by atoms with Crippen molar-refractivity contribution in [1.82, 2.24) is 0 Å². The molecule has 0 heterocycles. The van der Waals surface area contributed by atoms with E-state index in [1.807, 2.05) is 0 Å². The van der Waals surface area contributed by atoms with Crippen LogP contribution in [-0.2, 0) is 4.57 Å². The van der Waals surface area contributed by atoms with Crippen molar-refractivity contribution in [3.8, 4) is 0 Å². The van der Waals surface area contributed by atoms with Gasteiger partial charge in [-0.25, -0.2) is 4.57 Å². The molecule has 0 fully saturated rings. The molecule has 0 rings (SSSR count). The third-order valence-electron chi connectivity index (χ3n) is 0. The van der Waals surface area contributed by atoms with E-state index in [1.54, 1.807) is 0 Å². The van der Waals surface area contributed by atoms with Crippen molar-refractivity contribution in [2.45, 2.75) is 0 Å². The van der Waals surface area contributed by atoms with Crippen molar-refractivity contribution in [2.75, 3.05) is 0 Å². The molecule has 0 spiro atoms. The molecule has 0 saturated carbocycles. The van der Waals surface area contributed by atoms with Gasteiger partial charge in [0.2, 0.25) is 0 Å². The summed E-state index contributed by atoms with van der Waals surface area (Å²) in [6, 6.07) is 0. The van der Waals surface area contributed by atoms with Gasteiger partial charge >= 0.3 is 43.8 Å². The van der Waals surface area contributed by atoms with Gasteiger partial charge in [-0.05, 0) is 0 Å². The zero-order chi connectivity index (χ0) is 4.50. The monoisotopic (exact) mass is 188 g/mol. The Hall–Kier alpha value is 1.23. The summed E-state index contributed by atoms with van der Waals surface area (Å²) < 4.78 is 8.88. The van der Waals surface area contributed by atoms with E-state index in [1.165, 1.54) is 0 Å². The maximum atomic E-state index is 8.88. The van der Waals surface area contributed by atoms with Crippen molar-refractivity contribution < 1.29 is 39.5 Å². The fraction of sp³-hybridized carbons (Fsp3) is 0. The number of rotatable bonds is 0. The first-order valence-electron chi connectivity index (χ1n) is 0.783. The summed E-state index contributed by atoms with van der Waals surface area (Å²) in [5.41, 5.74) is 0. The van der Waals surface area contributed by atoms with Crippen LogP contribution >= 0.6 is 7.82 Å². The van der Waals surface area contributed by atoms with Crippen LogP contribution < -0.4 is 18.9 Å². The summed E-state index contributed by atoms with van der Waals surface area (Å²) in [5, 5.41) is 0.